The normalized spacial score (nSPS) is 24.4. The van der Waals surface area contributed by atoms with Gasteiger partial charge in [0.25, 0.3) is 0 Å². The molecule has 1 rings (SSSR count). The highest BCUT2D eigenvalue weighted by Gasteiger charge is 2.27. The average Bonchev–Trinajstić information content (AvgIpc) is 2.02. The molecule has 0 amide bonds. The van der Waals surface area contributed by atoms with Crippen molar-refractivity contribution >= 4 is 0 Å². The molecule has 0 aromatic carbocycles. The predicted octanol–water partition coefficient (Wildman–Crippen LogP) is 2.25. The minimum Gasteiger partial charge on any atom is -0.306 e. The lowest BCUT2D eigenvalue weighted by molar-refractivity contribution is -0.126. The second-order valence-electron chi connectivity index (χ2n) is 2.98. The third kappa shape index (κ3) is 3.76. The van der Waals surface area contributed by atoms with E-state index in [-0.39, 0.29) is 6.04 Å². The summed E-state index contributed by atoms with van der Waals surface area (Å²) in [5, 5.41) is 2.49. The summed E-state index contributed by atoms with van der Waals surface area (Å²) < 4.78 is 35.2. The quantitative estimate of drug-likeness (QED) is 0.641. The molecule has 0 bridgehead atoms. The Labute approximate surface area is 69.6 Å². The number of hydrogen-bond donors (Lipinski definition) is 1. The van der Waals surface area contributed by atoms with Gasteiger partial charge in [-0.1, -0.05) is 12.2 Å². The van der Waals surface area contributed by atoms with Gasteiger partial charge in [0, 0.05) is 6.04 Å². The smallest absolute Gasteiger partial charge is 0.306 e. The van der Waals surface area contributed by atoms with Crippen LogP contribution >= 0.6 is 0 Å². The highest BCUT2D eigenvalue weighted by Crippen LogP contribution is 2.15. The van der Waals surface area contributed by atoms with E-state index in [0.717, 1.165) is 19.3 Å². The molecule has 4 heteroatoms. The summed E-state index contributed by atoms with van der Waals surface area (Å²) in [5.74, 6) is 0. The van der Waals surface area contributed by atoms with E-state index < -0.39 is 12.7 Å². The molecule has 0 spiro atoms. The fourth-order valence-corrected chi connectivity index (χ4v) is 1.24. The molecule has 0 saturated carbocycles. The summed E-state index contributed by atoms with van der Waals surface area (Å²) in [6.07, 6.45) is 2.27. The highest BCUT2D eigenvalue weighted by molar-refractivity contribution is 4.93. The van der Waals surface area contributed by atoms with Crippen LogP contribution in [0.1, 0.15) is 19.3 Å². The van der Waals surface area contributed by atoms with Gasteiger partial charge in [0.15, 0.2) is 0 Å². The number of nitrogens with one attached hydrogen (secondary N) is 1. The maximum atomic E-state index is 11.7. The number of hydrogen-bond acceptors (Lipinski definition) is 1. The lowest BCUT2D eigenvalue weighted by atomic mass is 10.0. The number of halogens is 3. The predicted molar refractivity (Wildman–Crippen MR) is 40.8 cm³/mol. The Hall–Kier alpha value is -0.510. The van der Waals surface area contributed by atoms with E-state index in [2.05, 4.69) is 5.32 Å². The zero-order valence-corrected chi connectivity index (χ0v) is 6.69. The molecule has 0 aliphatic heterocycles. The van der Waals surface area contributed by atoms with Gasteiger partial charge in [-0.25, -0.2) is 0 Å². The van der Waals surface area contributed by atoms with Gasteiger partial charge in [-0.3, -0.25) is 0 Å². The fraction of sp³-hybridized carbons (Fsp3) is 0.750. The van der Waals surface area contributed by atoms with Crippen LogP contribution in [-0.4, -0.2) is 18.8 Å². The number of alkyl halides is 3. The molecule has 0 aromatic heterocycles. The van der Waals surface area contributed by atoms with Crippen molar-refractivity contribution in [1.82, 2.24) is 5.32 Å². The van der Waals surface area contributed by atoms with Crippen molar-refractivity contribution in [2.75, 3.05) is 6.54 Å². The second kappa shape index (κ2) is 3.94. The molecular weight excluding hydrogens is 167 g/mol. The molecule has 1 aliphatic rings. The molecule has 1 unspecified atom stereocenters. The van der Waals surface area contributed by atoms with Crippen LogP contribution in [0.15, 0.2) is 12.2 Å². The summed E-state index contributed by atoms with van der Waals surface area (Å²) in [7, 11) is 0. The molecule has 1 nitrogen and oxygen atoms in total. The Morgan fingerprint density at radius 1 is 1.33 bits per heavy atom. The number of allylic oxidation sites excluding steroid dienone is 1. The summed E-state index contributed by atoms with van der Waals surface area (Å²) in [4.78, 5) is 0. The van der Waals surface area contributed by atoms with Gasteiger partial charge in [-0.15, -0.1) is 0 Å². The first kappa shape index (κ1) is 9.58. The average molecular weight is 179 g/mol. The van der Waals surface area contributed by atoms with Crippen molar-refractivity contribution in [3.63, 3.8) is 0 Å². The molecule has 1 N–H and O–H groups in total. The molecule has 0 aromatic rings. The van der Waals surface area contributed by atoms with Crippen molar-refractivity contribution in [2.45, 2.75) is 31.5 Å². The lowest BCUT2D eigenvalue weighted by Crippen LogP contribution is -2.37. The van der Waals surface area contributed by atoms with E-state index in [1.807, 2.05) is 12.2 Å². The minimum atomic E-state index is -4.08. The molecule has 70 valence electrons. The Balaban J connectivity index is 2.19. The number of rotatable bonds is 2. The van der Waals surface area contributed by atoms with Crippen molar-refractivity contribution in [2.24, 2.45) is 0 Å². The first-order chi connectivity index (χ1) is 5.58. The van der Waals surface area contributed by atoms with Crippen LogP contribution in [0.25, 0.3) is 0 Å². The summed E-state index contributed by atoms with van der Waals surface area (Å²) >= 11 is 0. The Morgan fingerprint density at radius 3 is 2.58 bits per heavy atom. The molecular formula is C8H12F3N. The monoisotopic (exact) mass is 179 g/mol. The molecule has 1 aliphatic carbocycles. The standard InChI is InChI=1S/C8H12F3N/c9-8(10,11)6-12-7-4-2-1-3-5-7/h1-2,7,12H,3-6H2. The van der Waals surface area contributed by atoms with Crippen LogP contribution in [0.3, 0.4) is 0 Å². The molecule has 12 heavy (non-hydrogen) atoms. The third-order valence-electron chi connectivity index (χ3n) is 1.86. The highest BCUT2D eigenvalue weighted by atomic mass is 19.4. The largest absolute Gasteiger partial charge is 0.401 e. The van der Waals surface area contributed by atoms with Crippen LogP contribution in [0, 0.1) is 0 Å². The molecule has 0 fully saturated rings. The van der Waals surface area contributed by atoms with E-state index in [9.17, 15) is 13.2 Å². The first-order valence-corrected chi connectivity index (χ1v) is 4.03. The molecule has 0 saturated heterocycles. The summed E-state index contributed by atoms with van der Waals surface area (Å²) in [6.45, 7) is -0.870. The fourth-order valence-electron chi connectivity index (χ4n) is 1.24. The van der Waals surface area contributed by atoms with E-state index in [0.29, 0.717) is 0 Å². The zero-order chi connectivity index (χ0) is 9.03. The van der Waals surface area contributed by atoms with Crippen LogP contribution in [-0.2, 0) is 0 Å². The lowest BCUT2D eigenvalue weighted by Gasteiger charge is -2.20. The Morgan fingerprint density at radius 2 is 2.08 bits per heavy atom. The molecule has 1 atom stereocenters. The van der Waals surface area contributed by atoms with Crippen molar-refractivity contribution < 1.29 is 13.2 Å². The van der Waals surface area contributed by atoms with Gasteiger partial charge < -0.3 is 5.32 Å². The first-order valence-electron chi connectivity index (χ1n) is 4.03. The molecule has 0 heterocycles. The van der Waals surface area contributed by atoms with Crippen molar-refractivity contribution in [3.8, 4) is 0 Å². The zero-order valence-electron chi connectivity index (χ0n) is 6.69. The Bertz CT molecular complexity index is 162. The van der Waals surface area contributed by atoms with Crippen LogP contribution < -0.4 is 5.32 Å². The van der Waals surface area contributed by atoms with E-state index in [4.69, 9.17) is 0 Å². The topological polar surface area (TPSA) is 12.0 Å². The minimum absolute atomic E-state index is 0.0108. The van der Waals surface area contributed by atoms with E-state index >= 15 is 0 Å². The van der Waals surface area contributed by atoms with Crippen molar-refractivity contribution in [3.05, 3.63) is 12.2 Å². The van der Waals surface area contributed by atoms with Crippen molar-refractivity contribution in [1.29, 1.82) is 0 Å². The Kier molecular flexibility index (Phi) is 3.14. The maximum Gasteiger partial charge on any atom is 0.401 e. The van der Waals surface area contributed by atoms with E-state index in [1.54, 1.807) is 0 Å². The SMILES string of the molecule is FC(F)(F)CNC1CC=CCC1. The van der Waals surface area contributed by atoms with Gasteiger partial charge in [0.05, 0.1) is 6.54 Å². The van der Waals surface area contributed by atoms with Crippen LogP contribution in [0.4, 0.5) is 13.2 Å². The van der Waals surface area contributed by atoms with Gasteiger partial charge in [-0.2, -0.15) is 13.2 Å². The van der Waals surface area contributed by atoms with Gasteiger partial charge in [0.1, 0.15) is 0 Å². The van der Waals surface area contributed by atoms with Crippen LogP contribution in [0.2, 0.25) is 0 Å². The van der Waals surface area contributed by atoms with Crippen LogP contribution in [0.5, 0.6) is 0 Å². The third-order valence-corrected chi connectivity index (χ3v) is 1.86. The van der Waals surface area contributed by atoms with Gasteiger partial charge in [-0.05, 0) is 19.3 Å². The molecule has 0 radical (unpaired) electrons. The second-order valence-corrected chi connectivity index (χ2v) is 2.98. The van der Waals surface area contributed by atoms with E-state index in [1.165, 1.54) is 0 Å². The van der Waals surface area contributed by atoms with Gasteiger partial charge in [0.2, 0.25) is 0 Å². The van der Waals surface area contributed by atoms with Gasteiger partial charge >= 0.3 is 6.18 Å². The maximum absolute atomic E-state index is 11.7. The summed E-state index contributed by atoms with van der Waals surface area (Å²) in [6, 6.07) is 0.0108. The summed E-state index contributed by atoms with van der Waals surface area (Å²) in [5.41, 5.74) is 0.